The van der Waals surface area contributed by atoms with Crippen molar-refractivity contribution < 1.29 is 12.8 Å². The van der Waals surface area contributed by atoms with Gasteiger partial charge in [0.2, 0.25) is 0 Å². The molecule has 1 fully saturated rings. The van der Waals surface area contributed by atoms with E-state index in [9.17, 15) is 12.8 Å². The van der Waals surface area contributed by atoms with Crippen LogP contribution in [0.25, 0.3) is 0 Å². The Labute approximate surface area is 172 Å². The van der Waals surface area contributed by atoms with Crippen LogP contribution in [-0.4, -0.2) is 34.2 Å². The van der Waals surface area contributed by atoms with Gasteiger partial charge >= 0.3 is 0 Å². The molecule has 0 bridgehead atoms. The lowest BCUT2D eigenvalue weighted by atomic mass is 9.64. The summed E-state index contributed by atoms with van der Waals surface area (Å²) >= 11 is 0. The van der Waals surface area contributed by atoms with Crippen molar-refractivity contribution in [3.05, 3.63) is 71.0 Å². The molecule has 29 heavy (non-hydrogen) atoms. The molecule has 1 aliphatic carbocycles. The topological polar surface area (TPSA) is 70.6 Å². The van der Waals surface area contributed by atoms with Crippen LogP contribution in [-0.2, 0) is 27.5 Å². The summed E-state index contributed by atoms with van der Waals surface area (Å²) in [4.78, 5) is 4.27. The molecule has 0 aromatic heterocycles. The highest BCUT2D eigenvalue weighted by Gasteiger charge is 2.38. The average molecular weight is 418 g/mol. The van der Waals surface area contributed by atoms with E-state index in [1.165, 1.54) is 36.4 Å². The van der Waals surface area contributed by atoms with Crippen LogP contribution >= 0.6 is 0 Å². The zero-order chi connectivity index (χ0) is 20.9. The maximum Gasteiger partial charge on any atom is 0.191 e. The number of halogens is 1. The summed E-state index contributed by atoms with van der Waals surface area (Å²) in [5.74, 6) is 0.106. The standard InChI is InChI=1S/C22H28FN3O2S/c1-24-21(26-16-22(11-6-12-22)19-7-4-3-5-8-19)25-14-18-13-20(23)10-9-17(18)15-29(2,27)28/h3-5,7-10,13H,6,11-12,14-16H2,1-2H3,(H2,24,25,26). The van der Waals surface area contributed by atoms with Crippen LogP contribution in [0.2, 0.25) is 0 Å². The van der Waals surface area contributed by atoms with Crippen molar-refractivity contribution in [1.82, 2.24) is 10.6 Å². The van der Waals surface area contributed by atoms with Gasteiger partial charge in [0.25, 0.3) is 0 Å². The van der Waals surface area contributed by atoms with Crippen molar-refractivity contribution in [2.45, 2.75) is 37.0 Å². The van der Waals surface area contributed by atoms with Gasteiger partial charge in [-0.2, -0.15) is 0 Å². The van der Waals surface area contributed by atoms with E-state index in [0.29, 0.717) is 23.6 Å². The summed E-state index contributed by atoms with van der Waals surface area (Å²) in [6, 6.07) is 14.7. The molecule has 0 unspecified atom stereocenters. The number of rotatable bonds is 7. The summed E-state index contributed by atoms with van der Waals surface area (Å²) in [7, 11) is -1.52. The van der Waals surface area contributed by atoms with Gasteiger partial charge in [-0.3, -0.25) is 4.99 Å². The molecule has 7 heteroatoms. The molecule has 156 valence electrons. The predicted octanol–water partition coefficient (Wildman–Crippen LogP) is 3.16. The molecular weight excluding hydrogens is 389 g/mol. The summed E-state index contributed by atoms with van der Waals surface area (Å²) in [6.45, 7) is 1.05. The number of nitrogens with one attached hydrogen (secondary N) is 2. The Hall–Kier alpha value is -2.41. The first-order valence-corrected chi connectivity index (χ1v) is 11.8. The summed E-state index contributed by atoms with van der Waals surface area (Å²) < 4.78 is 37.0. The summed E-state index contributed by atoms with van der Waals surface area (Å²) in [5.41, 5.74) is 2.64. The molecule has 2 aromatic carbocycles. The number of aliphatic imine (C=N–C) groups is 1. The molecule has 0 heterocycles. The molecule has 0 saturated heterocycles. The number of hydrogen-bond acceptors (Lipinski definition) is 3. The Bertz CT molecular complexity index is 971. The summed E-state index contributed by atoms with van der Waals surface area (Å²) in [6.07, 6.45) is 4.64. The van der Waals surface area contributed by atoms with Gasteiger partial charge in [-0.25, -0.2) is 12.8 Å². The van der Waals surface area contributed by atoms with Crippen molar-refractivity contribution in [1.29, 1.82) is 0 Å². The normalized spacial score (nSPS) is 16.2. The Morgan fingerprint density at radius 3 is 2.41 bits per heavy atom. The first-order valence-electron chi connectivity index (χ1n) is 9.76. The van der Waals surface area contributed by atoms with E-state index in [4.69, 9.17) is 0 Å². The smallest absolute Gasteiger partial charge is 0.191 e. The van der Waals surface area contributed by atoms with Crippen LogP contribution < -0.4 is 10.6 Å². The summed E-state index contributed by atoms with van der Waals surface area (Å²) in [5, 5.41) is 6.58. The van der Waals surface area contributed by atoms with Gasteiger partial charge in [0, 0.05) is 31.8 Å². The van der Waals surface area contributed by atoms with Crippen LogP contribution in [0.1, 0.15) is 36.0 Å². The molecule has 1 aliphatic rings. The van der Waals surface area contributed by atoms with Crippen LogP contribution in [0.15, 0.2) is 53.5 Å². The highest BCUT2D eigenvalue weighted by Crippen LogP contribution is 2.43. The predicted molar refractivity (Wildman–Crippen MR) is 115 cm³/mol. The monoisotopic (exact) mass is 417 g/mol. The van der Waals surface area contributed by atoms with Crippen LogP contribution in [0.5, 0.6) is 0 Å². The zero-order valence-corrected chi connectivity index (χ0v) is 17.7. The van der Waals surface area contributed by atoms with E-state index in [1.807, 2.05) is 6.07 Å². The largest absolute Gasteiger partial charge is 0.356 e. The van der Waals surface area contributed by atoms with Crippen molar-refractivity contribution in [3.8, 4) is 0 Å². The number of nitrogens with zero attached hydrogens (tertiary/aromatic N) is 1. The van der Waals surface area contributed by atoms with Crippen molar-refractivity contribution in [3.63, 3.8) is 0 Å². The maximum atomic E-state index is 13.7. The van der Waals surface area contributed by atoms with Crippen molar-refractivity contribution in [2.24, 2.45) is 4.99 Å². The first-order chi connectivity index (χ1) is 13.8. The molecule has 0 radical (unpaired) electrons. The molecule has 1 saturated carbocycles. The number of hydrogen-bond donors (Lipinski definition) is 2. The maximum absolute atomic E-state index is 13.7. The second kappa shape index (κ2) is 8.95. The van der Waals surface area contributed by atoms with Gasteiger partial charge in [0.15, 0.2) is 15.8 Å². The van der Waals surface area contributed by atoms with Gasteiger partial charge in [-0.15, -0.1) is 0 Å². The van der Waals surface area contributed by atoms with E-state index < -0.39 is 9.84 Å². The Kier molecular flexibility index (Phi) is 6.57. The molecule has 3 rings (SSSR count). The van der Waals surface area contributed by atoms with E-state index >= 15 is 0 Å². The van der Waals surface area contributed by atoms with Crippen LogP contribution in [0.4, 0.5) is 4.39 Å². The third kappa shape index (κ3) is 5.56. The highest BCUT2D eigenvalue weighted by molar-refractivity contribution is 7.89. The van der Waals surface area contributed by atoms with E-state index in [-0.39, 0.29) is 17.0 Å². The zero-order valence-electron chi connectivity index (χ0n) is 16.9. The van der Waals surface area contributed by atoms with Crippen LogP contribution in [0.3, 0.4) is 0 Å². The number of guanidine groups is 1. The number of benzene rings is 2. The lowest BCUT2D eigenvalue weighted by Gasteiger charge is -2.43. The quantitative estimate of drug-likeness (QED) is 0.536. The fraction of sp³-hybridized carbons (Fsp3) is 0.409. The molecule has 0 amide bonds. The number of sulfone groups is 1. The van der Waals surface area contributed by atoms with Crippen molar-refractivity contribution in [2.75, 3.05) is 19.8 Å². The third-order valence-electron chi connectivity index (χ3n) is 5.55. The minimum atomic E-state index is -3.21. The van der Waals surface area contributed by atoms with Crippen molar-refractivity contribution >= 4 is 15.8 Å². The first kappa shape index (κ1) is 21.3. The van der Waals surface area contributed by atoms with E-state index in [0.717, 1.165) is 19.4 Å². The molecule has 2 aromatic rings. The van der Waals surface area contributed by atoms with Gasteiger partial charge < -0.3 is 10.6 Å². The fourth-order valence-electron chi connectivity index (χ4n) is 3.80. The van der Waals surface area contributed by atoms with E-state index in [1.54, 1.807) is 7.05 Å². The van der Waals surface area contributed by atoms with Gasteiger partial charge in [0.1, 0.15) is 5.82 Å². The van der Waals surface area contributed by atoms with Gasteiger partial charge in [0.05, 0.1) is 5.75 Å². The molecule has 0 atom stereocenters. The third-order valence-corrected chi connectivity index (χ3v) is 6.38. The second-order valence-electron chi connectivity index (χ2n) is 7.76. The van der Waals surface area contributed by atoms with E-state index in [2.05, 4.69) is 39.9 Å². The Balaban J connectivity index is 1.65. The van der Waals surface area contributed by atoms with Gasteiger partial charge in [-0.1, -0.05) is 42.8 Å². The van der Waals surface area contributed by atoms with Gasteiger partial charge in [-0.05, 0) is 41.7 Å². The molecular formula is C22H28FN3O2S. The molecule has 2 N–H and O–H groups in total. The Morgan fingerprint density at radius 1 is 1.10 bits per heavy atom. The highest BCUT2D eigenvalue weighted by atomic mass is 32.2. The second-order valence-corrected chi connectivity index (χ2v) is 9.90. The molecule has 0 spiro atoms. The minimum absolute atomic E-state index is 0.110. The average Bonchev–Trinajstić information content (AvgIpc) is 2.65. The fourth-order valence-corrected chi connectivity index (χ4v) is 4.64. The van der Waals surface area contributed by atoms with Crippen LogP contribution in [0, 0.1) is 5.82 Å². The lowest BCUT2D eigenvalue weighted by Crippen LogP contribution is -2.48. The lowest BCUT2D eigenvalue weighted by molar-refractivity contribution is 0.244. The Morgan fingerprint density at radius 2 is 1.83 bits per heavy atom. The SMILES string of the molecule is CN=C(NCc1cc(F)ccc1CS(C)(=O)=O)NCC1(c2ccccc2)CCC1. The molecule has 0 aliphatic heterocycles. The minimum Gasteiger partial charge on any atom is -0.356 e. The molecule has 5 nitrogen and oxygen atoms in total.